The molecule has 0 saturated carbocycles. The van der Waals surface area contributed by atoms with Gasteiger partial charge in [-0.3, -0.25) is 24.1 Å². The maximum Gasteiger partial charge on any atom is 0.261 e. The molecule has 2 aliphatic heterocycles. The minimum absolute atomic E-state index is 0.0236. The number of amides is 4. The van der Waals surface area contributed by atoms with Gasteiger partial charge >= 0.3 is 0 Å². The smallest absolute Gasteiger partial charge is 0.261 e. The van der Waals surface area contributed by atoms with E-state index in [1.165, 1.54) is 18.1 Å². The van der Waals surface area contributed by atoms with Crippen LogP contribution in [0.25, 0.3) is 0 Å². The number of imide groups is 1. The van der Waals surface area contributed by atoms with Crippen molar-refractivity contribution in [2.45, 2.75) is 12.8 Å². The summed E-state index contributed by atoms with van der Waals surface area (Å²) in [4.78, 5) is 54.8. The number of carbonyl (C=O) groups excluding carboxylic acids is 4. The Morgan fingerprint density at radius 3 is 2.37 bits per heavy atom. The van der Waals surface area contributed by atoms with Crippen LogP contribution in [0.2, 0.25) is 0 Å². The van der Waals surface area contributed by atoms with Gasteiger partial charge in [-0.1, -0.05) is 0 Å². The molecule has 4 amide bonds. The van der Waals surface area contributed by atoms with Crippen molar-refractivity contribution < 1.29 is 28.7 Å². The zero-order valence-corrected chi connectivity index (χ0v) is 17.4. The number of carbonyl (C=O) groups is 4. The molecule has 3 rings (SSSR count). The molecule has 9 nitrogen and oxygen atoms in total. The van der Waals surface area contributed by atoms with Gasteiger partial charge in [0, 0.05) is 59.1 Å². The highest BCUT2D eigenvalue weighted by Crippen LogP contribution is 2.25. The number of methoxy groups -OCH3 is 2. The normalized spacial score (nSPS) is 16.7. The Morgan fingerprint density at radius 2 is 1.63 bits per heavy atom. The van der Waals surface area contributed by atoms with Gasteiger partial charge in [-0.25, -0.2) is 0 Å². The van der Waals surface area contributed by atoms with Crippen molar-refractivity contribution in [3.8, 4) is 0 Å². The van der Waals surface area contributed by atoms with Crippen molar-refractivity contribution in [3.05, 3.63) is 34.9 Å². The third-order valence-electron chi connectivity index (χ3n) is 5.35. The van der Waals surface area contributed by atoms with Gasteiger partial charge < -0.3 is 19.3 Å². The number of fused-ring (bicyclic) bond motifs is 1. The van der Waals surface area contributed by atoms with Crippen molar-refractivity contribution in [1.29, 1.82) is 0 Å². The molecule has 0 bridgehead atoms. The lowest BCUT2D eigenvalue weighted by Crippen LogP contribution is -2.38. The Balaban J connectivity index is 1.70. The molecule has 162 valence electrons. The minimum Gasteiger partial charge on any atom is -0.385 e. The predicted molar refractivity (Wildman–Crippen MR) is 107 cm³/mol. The highest BCUT2D eigenvalue weighted by Gasteiger charge is 2.36. The summed E-state index contributed by atoms with van der Waals surface area (Å²) >= 11 is 0. The molecule has 0 radical (unpaired) electrons. The summed E-state index contributed by atoms with van der Waals surface area (Å²) in [5.74, 6) is -1.03. The predicted octanol–water partition coefficient (Wildman–Crippen LogP) is 0.640. The Labute approximate surface area is 175 Å². The number of ether oxygens (including phenoxy) is 2. The molecule has 1 fully saturated rings. The molecule has 9 heteroatoms. The van der Waals surface area contributed by atoms with Crippen LogP contribution in [-0.4, -0.2) is 98.5 Å². The van der Waals surface area contributed by atoms with Crippen LogP contribution in [0.15, 0.2) is 18.2 Å². The topological polar surface area (TPSA) is 96.5 Å². The molecule has 30 heavy (non-hydrogen) atoms. The molecule has 1 saturated heterocycles. The van der Waals surface area contributed by atoms with Crippen LogP contribution in [0, 0.1) is 0 Å². The maximum atomic E-state index is 13.0. The molecule has 0 aliphatic carbocycles. The van der Waals surface area contributed by atoms with E-state index in [0.717, 1.165) is 0 Å². The minimum atomic E-state index is -0.382. The van der Waals surface area contributed by atoms with Crippen LogP contribution in [0.1, 0.15) is 43.9 Å². The summed E-state index contributed by atoms with van der Waals surface area (Å²) in [6.45, 7) is 2.68. The van der Waals surface area contributed by atoms with Crippen molar-refractivity contribution >= 4 is 23.6 Å². The highest BCUT2D eigenvalue weighted by atomic mass is 16.5. The van der Waals surface area contributed by atoms with Crippen molar-refractivity contribution in [1.82, 2.24) is 14.7 Å². The zero-order valence-electron chi connectivity index (χ0n) is 17.4. The monoisotopic (exact) mass is 417 g/mol. The van der Waals surface area contributed by atoms with Crippen molar-refractivity contribution in [2.24, 2.45) is 0 Å². The van der Waals surface area contributed by atoms with Crippen LogP contribution < -0.4 is 0 Å². The third kappa shape index (κ3) is 4.52. The van der Waals surface area contributed by atoms with Gasteiger partial charge in [-0.05, 0) is 31.0 Å². The standard InChI is InChI=1S/C21H27N3O6/c1-29-12-4-9-24-20(27)16-6-5-15(13-17(16)21(24)28)19(26)23-8-3-7-22(10-11-23)18(25)14-30-2/h5-6,13H,3-4,7-12,14H2,1-2H3. The molecule has 0 aromatic heterocycles. The largest absolute Gasteiger partial charge is 0.385 e. The molecular weight excluding hydrogens is 390 g/mol. The van der Waals surface area contributed by atoms with E-state index in [2.05, 4.69) is 0 Å². The number of rotatable bonds is 7. The second-order valence-electron chi connectivity index (χ2n) is 7.33. The van der Waals surface area contributed by atoms with Gasteiger partial charge in [-0.15, -0.1) is 0 Å². The van der Waals surface area contributed by atoms with E-state index in [9.17, 15) is 19.2 Å². The van der Waals surface area contributed by atoms with Gasteiger partial charge in [0.1, 0.15) is 6.61 Å². The van der Waals surface area contributed by atoms with Crippen LogP contribution in [0.5, 0.6) is 0 Å². The van der Waals surface area contributed by atoms with E-state index in [0.29, 0.717) is 56.8 Å². The number of nitrogens with zero attached hydrogens (tertiary/aromatic N) is 3. The Bertz CT molecular complexity index is 840. The molecule has 0 spiro atoms. The summed E-state index contributed by atoms with van der Waals surface area (Å²) in [7, 11) is 3.04. The molecule has 1 aromatic rings. The summed E-state index contributed by atoms with van der Waals surface area (Å²) in [6.07, 6.45) is 1.22. The van der Waals surface area contributed by atoms with Gasteiger partial charge in [-0.2, -0.15) is 0 Å². The Kier molecular flexibility index (Phi) is 7.17. The van der Waals surface area contributed by atoms with Crippen LogP contribution in [-0.2, 0) is 14.3 Å². The average molecular weight is 417 g/mol. The second kappa shape index (κ2) is 9.82. The van der Waals surface area contributed by atoms with Crippen LogP contribution >= 0.6 is 0 Å². The molecule has 0 atom stereocenters. The number of benzene rings is 1. The van der Waals surface area contributed by atoms with Crippen molar-refractivity contribution in [2.75, 3.05) is 60.2 Å². The van der Waals surface area contributed by atoms with Crippen LogP contribution in [0.4, 0.5) is 0 Å². The molecule has 0 N–H and O–H groups in total. The van der Waals surface area contributed by atoms with Gasteiger partial charge in [0.2, 0.25) is 5.91 Å². The molecule has 0 unspecified atom stereocenters. The molecule has 1 aromatic carbocycles. The summed E-state index contributed by atoms with van der Waals surface area (Å²) in [5.41, 5.74) is 0.946. The number of hydrogen-bond donors (Lipinski definition) is 0. The quantitative estimate of drug-likeness (QED) is 0.477. The third-order valence-corrected chi connectivity index (χ3v) is 5.35. The Morgan fingerprint density at radius 1 is 0.933 bits per heavy atom. The zero-order chi connectivity index (χ0) is 21.7. The lowest BCUT2D eigenvalue weighted by Gasteiger charge is -2.22. The number of hydrogen-bond acceptors (Lipinski definition) is 6. The van der Waals surface area contributed by atoms with E-state index >= 15 is 0 Å². The fourth-order valence-corrected chi connectivity index (χ4v) is 3.76. The van der Waals surface area contributed by atoms with E-state index in [1.807, 2.05) is 0 Å². The SMILES string of the molecule is COCCCN1C(=O)c2ccc(C(=O)N3CCCN(C(=O)COC)CC3)cc2C1=O. The first-order chi connectivity index (χ1) is 14.5. The first kappa shape index (κ1) is 21.9. The highest BCUT2D eigenvalue weighted by molar-refractivity contribution is 6.22. The average Bonchev–Trinajstić information content (AvgIpc) is 2.92. The van der Waals surface area contributed by atoms with Crippen LogP contribution in [0.3, 0.4) is 0 Å². The fraction of sp³-hybridized carbons (Fsp3) is 0.524. The van der Waals surface area contributed by atoms with Crippen molar-refractivity contribution in [3.63, 3.8) is 0 Å². The van der Waals surface area contributed by atoms with E-state index in [-0.39, 0.29) is 42.3 Å². The first-order valence-corrected chi connectivity index (χ1v) is 10.0. The summed E-state index contributed by atoms with van der Waals surface area (Å²) in [6, 6.07) is 4.64. The summed E-state index contributed by atoms with van der Waals surface area (Å²) < 4.78 is 9.88. The van der Waals surface area contributed by atoms with Gasteiger partial charge in [0.25, 0.3) is 17.7 Å². The molecular formula is C21H27N3O6. The van der Waals surface area contributed by atoms with E-state index in [4.69, 9.17) is 9.47 Å². The summed E-state index contributed by atoms with van der Waals surface area (Å²) in [5, 5.41) is 0. The van der Waals surface area contributed by atoms with Gasteiger partial charge in [0.15, 0.2) is 0 Å². The van der Waals surface area contributed by atoms with E-state index < -0.39 is 0 Å². The maximum absolute atomic E-state index is 13.0. The van der Waals surface area contributed by atoms with Gasteiger partial charge in [0.05, 0.1) is 11.1 Å². The lowest BCUT2D eigenvalue weighted by molar-refractivity contribution is -0.135. The lowest BCUT2D eigenvalue weighted by atomic mass is 10.0. The Hall–Kier alpha value is -2.78. The fourth-order valence-electron chi connectivity index (χ4n) is 3.76. The first-order valence-electron chi connectivity index (χ1n) is 10.0. The van der Waals surface area contributed by atoms with E-state index in [1.54, 1.807) is 29.0 Å². The molecule has 2 heterocycles. The molecule has 2 aliphatic rings. The second-order valence-corrected chi connectivity index (χ2v) is 7.33.